The predicted octanol–water partition coefficient (Wildman–Crippen LogP) is 4.42. The van der Waals surface area contributed by atoms with E-state index in [9.17, 15) is 5.11 Å². The van der Waals surface area contributed by atoms with Gasteiger partial charge in [0.2, 0.25) is 5.95 Å². The second kappa shape index (κ2) is 7.31. The number of unbranched alkanes of at least 4 members (excludes halogenated alkanes) is 1. The molecule has 6 heteroatoms. The van der Waals surface area contributed by atoms with Gasteiger partial charge in [0.25, 0.3) is 0 Å². The van der Waals surface area contributed by atoms with Crippen molar-refractivity contribution in [3.63, 3.8) is 0 Å². The second-order valence-electron chi connectivity index (χ2n) is 10.4. The van der Waals surface area contributed by atoms with Crippen LogP contribution >= 0.6 is 0 Å². The average molecular weight is 422 g/mol. The number of nitrogens with one attached hydrogen (secondary N) is 2. The third-order valence-electron chi connectivity index (χ3n) is 8.53. The Kier molecular flexibility index (Phi) is 4.65. The number of aromatic nitrogens is 3. The highest BCUT2D eigenvalue weighted by atomic mass is 16.3. The van der Waals surface area contributed by atoms with E-state index in [0.717, 1.165) is 43.7 Å². The maximum absolute atomic E-state index is 10.0. The molecule has 1 spiro atoms. The molecule has 3 unspecified atom stereocenters. The molecule has 6 rings (SSSR count). The largest absolute Gasteiger partial charge is 0.393 e. The first-order valence-electron chi connectivity index (χ1n) is 12.4. The summed E-state index contributed by atoms with van der Waals surface area (Å²) < 4.78 is 2.41. The number of hydrogen-bond acceptors (Lipinski definition) is 5. The first-order chi connectivity index (χ1) is 15.1. The van der Waals surface area contributed by atoms with Gasteiger partial charge in [0, 0.05) is 52.9 Å². The average Bonchev–Trinajstić information content (AvgIpc) is 3.10. The minimum Gasteiger partial charge on any atom is -0.393 e. The topological polar surface area (TPSA) is 75.0 Å². The Labute approximate surface area is 184 Å². The fourth-order valence-corrected chi connectivity index (χ4v) is 6.46. The van der Waals surface area contributed by atoms with Gasteiger partial charge in [-0.25, -0.2) is 4.98 Å². The van der Waals surface area contributed by atoms with Gasteiger partial charge in [0.1, 0.15) is 5.65 Å². The molecule has 4 aliphatic rings. The maximum Gasteiger partial charge on any atom is 0.224 e. The van der Waals surface area contributed by atoms with Crippen LogP contribution in [0.3, 0.4) is 0 Å². The molecule has 2 aromatic rings. The van der Waals surface area contributed by atoms with Gasteiger partial charge in [0.15, 0.2) is 0 Å². The standard InChI is InChI=1S/C25H35N5O/c1-3-4-5-15(2)27-24-26-13-18-19(20-12-22-25(20)11-10-21(25)28-22)14-30(23(18)29-24)16-6-8-17(31)9-7-16/h12-17,21-22,28,31H,3-11H2,1-2H3,(H,26,27,29)/t15-,16?,17?,21?,22?,25?/m0/s1. The zero-order valence-electron chi connectivity index (χ0n) is 18.8. The fourth-order valence-electron chi connectivity index (χ4n) is 6.46. The Balaban J connectivity index is 1.37. The molecule has 6 nitrogen and oxygen atoms in total. The summed E-state index contributed by atoms with van der Waals surface area (Å²) in [4.78, 5) is 9.77. The van der Waals surface area contributed by atoms with Crippen LogP contribution in [0.1, 0.15) is 83.2 Å². The van der Waals surface area contributed by atoms with E-state index in [1.807, 2.05) is 6.20 Å². The molecule has 3 N–H and O–H groups in total. The number of aliphatic hydroxyl groups is 1. The first-order valence-corrected chi connectivity index (χ1v) is 12.4. The van der Waals surface area contributed by atoms with Crippen LogP contribution in [-0.4, -0.2) is 43.9 Å². The minimum absolute atomic E-state index is 0.144. The van der Waals surface area contributed by atoms with E-state index in [0.29, 0.717) is 29.6 Å². The Morgan fingerprint density at radius 3 is 2.81 bits per heavy atom. The molecule has 166 valence electrons. The van der Waals surface area contributed by atoms with Crippen molar-refractivity contribution in [3.8, 4) is 0 Å². The molecule has 2 saturated carbocycles. The quantitative estimate of drug-likeness (QED) is 0.617. The third-order valence-corrected chi connectivity index (χ3v) is 8.53. The minimum atomic E-state index is -0.144. The number of hydrogen-bond donors (Lipinski definition) is 3. The summed E-state index contributed by atoms with van der Waals surface area (Å²) >= 11 is 0. The van der Waals surface area contributed by atoms with Crippen molar-refractivity contribution in [1.29, 1.82) is 0 Å². The molecule has 31 heavy (non-hydrogen) atoms. The molecule has 0 radical (unpaired) electrons. The maximum atomic E-state index is 10.0. The summed E-state index contributed by atoms with van der Waals surface area (Å²) in [6, 6.07) is 2.02. The van der Waals surface area contributed by atoms with E-state index in [-0.39, 0.29) is 6.10 Å². The van der Waals surface area contributed by atoms with Gasteiger partial charge in [-0.2, -0.15) is 4.98 Å². The molecule has 1 aliphatic heterocycles. The molecule has 3 fully saturated rings. The van der Waals surface area contributed by atoms with Gasteiger partial charge in [-0.05, 0) is 57.4 Å². The number of rotatable bonds is 7. The van der Waals surface area contributed by atoms with Gasteiger partial charge >= 0.3 is 0 Å². The molecule has 4 atom stereocenters. The Bertz CT molecular complexity index is 1020. The molecule has 0 bridgehead atoms. The van der Waals surface area contributed by atoms with Crippen LogP contribution in [0.15, 0.2) is 18.5 Å². The molecule has 3 aliphatic carbocycles. The van der Waals surface area contributed by atoms with E-state index < -0.39 is 0 Å². The summed E-state index contributed by atoms with van der Waals surface area (Å²) in [7, 11) is 0. The molecule has 3 heterocycles. The SMILES string of the molecule is CCCC[C@H](C)Nc1ncc2c(C3=CC4NC5CCC345)cn(C3CCC(O)CC3)c2n1. The number of anilines is 1. The first kappa shape index (κ1) is 19.7. The monoisotopic (exact) mass is 421 g/mol. The lowest BCUT2D eigenvalue weighted by atomic mass is 9.43. The number of aliphatic hydroxyl groups excluding tert-OH is 1. The molecule has 1 saturated heterocycles. The van der Waals surface area contributed by atoms with Gasteiger partial charge < -0.3 is 20.3 Å². The van der Waals surface area contributed by atoms with Gasteiger partial charge in [-0.3, -0.25) is 0 Å². The lowest BCUT2D eigenvalue weighted by Crippen LogP contribution is -2.79. The van der Waals surface area contributed by atoms with Crippen LogP contribution < -0.4 is 10.6 Å². The van der Waals surface area contributed by atoms with Crippen molar-refractivity contribution in [2.75, 3.05) is 5.32 Å². The van der Waals surface area contributed by atoms with Crippen LogP contribution in [0.25, 0.3) is 16.6 Å². The lowest BCUT2D eigenvalue weighted by molar-refractivity contribution is -0.0213. The number of piperidine rings is 1. The summed E-state index contributed by atoms with van der Waals surface area (Å²) in [6.07, 6.45) is 16.6. The highest BCUT2D eigenvalue weighted by Gasteiger charge is 2.67. The Morgan fingerprint density at radius 2 is 2.13 bits per heavy atom. The predicted molar refractivity (Wildman–Crippen MR) is 124 cm³/mol. The zero-order valence-corrected chi connectivity index (χ0v) is 18.8. The number of nitrogens with zero attached hydrogens (tertiary/aromatic N) is 3. The van der Waals surface area contributed by atoms with Crippen molar-refractivity contribution >= 4 is 22.6 Å². The molecular weight excluding hydrogens is 386 g/mol. The highest BCUT2D eigenvalue weighted by molar-refractivity contribution is 5.96. The van der Waals surface area contributed by atoms with Gasteiger partial charge in [-0.1, -0.05) is 25.8 Å². The summed E-state index contributed by atoms with van der Waals surface area (Å²) in [6.45, 7) is 4.45. The normalized spacial score (nSPS) is 34.6. The van der Waals surface area contributed by atoms with E-state index in [1.165, 1.54) is 42.2 Å². The molecule has 0 aromatic carbocycles. The fraction of sp³-hybridized carbons (Fsp3) is 0.680. The second-order valence-corrected chi connectivity index (χ2v) is 10.4. The van der Waals surface area contributed by atoms with Crippen molar-refractivity contribution in [3.05, 3.63) is 24.0 Å². The van der Waals surface area contributed by atoms with Crippen molar-refractivity contribution in [2.24, 2.45) is 5.41 Å². The van der Waals surface area contributed by atoms with Crippen LogP contribution in [-0.2, 0) is 0 Å². The summed E-state index contributed by atoms with van der Waals surface area (Å²) in [5.41, 5.74) is 4.30. The van der Waals surface area contributed by atoms with Gasteiger partial charge in [-0.15, -0.1) is 0 Å². The van der Waals surface area contributed by atoms with Crippen molar-refractivity contribution < 1.29 is 5.11 Å². The van der Waals surface area contributed by atoms with E-state index >= 15 is 0 Å². The van der Waals surface area contributed by atoms with Crippen LogP contribution in [0.2, 0.25) is 0 Å². The summed E-state index contributed by atoms with van der Waals surface area (Å²) in [5.74, 6) is 0.739. The van der Waals surface area contributed by atoms with Crippen LogP contribution in [0, 0.1) is 5.41 Å². The third kappa shape index (κ3) is 2.91. The molecule has 0 amide bonds. The van der Waals surface area contributed by atoms with Crippen molar-refractivity contribution in [2.45, 2.75) is 102 Å². The van der Waals surface area contributed by atoms with Crippen LogP contribution in [0.5, 0.6) is 0 Å². The Morgan fingerprint density at radius 1 is 1.29 bits per heavy atom. The zero-order chi connectivity index (χ0) is 21.2. The molecular formula is C25H35N5O. The summed E-state index contributed by atoms with van der Waals surface area (Å²) in [5, 5.41) is 18.4. The van der Waals surface area contributed by atoms with E-state index in [2.05, 4.69) is 41.3 Å². The smallest absolute Gasteiger partial charge is 0.224 e. The Hall–Kier alpha value is -1.92. The van der Waals surface area contributed by atoms with Crippen LogP contribution in [0.4, 0.5) is 5.95 Å². The highest BCUT2D eigenvalue weighted by Crippen LogP contribution is 2.66. The van der Waals surface area contributed by atoms with Crippen molar-refractivity contribution in [1.82, 2.24) is 19.9 Å². The number of fused-ring (bicyclic) bond motifs is 1. The lowest BCUT2D eigenvalue weighted by Gasteiger charge is -2.70. The van der Waals surface area contributed by atoms with E-state index in [1.54, 1.807) is 0 Å². The molecule has 2 aromatic heterocycles. The van der Waals surface area contributed by atoms with E-state index in [4.69, 9.17) is 9.97 Å². The van der Waals surface area contributed by atoms with Gasteiger partial charge in [0.05, 0.1) is 6.10 Å².